The van der Waals surface area contributed by atoms with Crippen molar-refractivity contribution in [2.45, 2.75) is 71.7 Å². The fraction of sp³-hybridized carbons (Fsp3) is 0.778. The molecule has 1 aliphatic rings. The molecule has 1 rings (SSSR count). The average Bonchev–Trinajstić information content (AvgIpc) is 3.20. The second-order valence-electron chi connectivity index (χ2n) is 9.27. The van der Waals surface area contributed by atoms with E-state index in [0.717, 1.165) is 0 Å². The van der Waals surface area contributed by atoms with Crippen molar-refractivity contribution in [3.05, 3.63) is 12.5 Å². The fourth-order valence-electron chi connectivity index (χ4n) is 2.65. The molecule has 2 unspecified atom stereocenters. The SMILES string of the molecule is C=C(O)OC.CC.CC(C)(CCO)OCCN1C(=O)CC(S)C1=O.COP(OCCCOC(=O)O)OCCNC(=O)C(C)C. The summed E-state index contributed by atoms with van der Waals surface area (Å²) in [5.41, 5.74) is -0.444. The number of amides is 3. The van der Waals surface area contributed by atoms with Gasteiger partial charge < -0.3 is 48.4 Å². The highest BCUT2D eigenvalue weighted by Crippen LogP contribution is 2.38. The summed E-state index contributed by atoms with van der Waals surface area (Å²) < 4.78 is 29.5. The first-order valence-electron chi connectivity index (χ1n) is 14.0. The predicted octanol–water partition coefficient (Wildman–Crippen LogP) is 3.66. The molecular weight excluding hydrogens is 623 g/mol. The number of nitrogens with zero attached hydrogens (tertiary/aromatic N) is 1. The van der Waals surface area contributed by atoms with Crippen LogP contribution in [0.5, 0.6) is 0 Å². The molecule has 1 aliphatic heterocycles. The number of aliphatic hydroxyl groups excluding tert-OH is 2. The predicted molar refractivity (Wildman–Crippen MR) is 168 cm³/mol. The van der Waals surface area contributed by atoms with E-state index in [1.54, 1.807) is 13.8 Å². The van der Waals surface area contributed by atoms with Crippen molar-refractivity contribution < 1.29 is 62.3 Å². The topological polar surface area (TPSA) is 200 Å². The van der Waals surface area contributed by atoms with Gasteiger partial charge in [0.25, 0.3) is 5.95 Å². The van der Waals surface area contributed by atoms with Crippen molar-refractivity contribution in [1.29, 1.82) is 0 Å². The van der Waals surface area contributed by atoms with Crippen LogP contribution in [0.3, 0.4) is 0 Å². The molecule has 4 N–H and O–H groups in total. The molecular formula is C27H53N2O13PS. The summed E-state index contributed by atoms with van der Waals surface area (Å²) in [5, 5.41) is 27.2. The largest absolute Gasteiger partial charge is 0.505 e. The minimum absolute atomic E-state index is 0.0397. The van der Waals surface area contributed by atoms with Gasteiger partial charge in [-0.3, -0.25) is 19.3 Å². The maximum atomic E-state index is 11.5. The van der Waals surface area contributed by atoms with Crippen LogP contribution >= 0.6 is 21.2 Å². The normalized spacial score (nSPS) is 14.7. The Hall–Kier alpha value is -2.20. The van der Waals surface area contributed by atoms with E-state index in [2.05, 4.69) is 34.0 Å². The van der Waals surface area contributed by atoms with Gasteiger partial charge in [0.2, 0.25) is 17.7 Å². The van der Waals surface area contributed by atoms with Crippen LogP contribution in [0.4, 0.5) is 4.79 Å². The molecule has 0 aliphatic carbocycles. The third kappa shape index (κ3) is 26.2. The smallest absolute Gasteiger partial charge is 0.481 e. The number of imide groups is 1. The van der Waals surface area contributed by atoms with Crippen LogP contribution in [0, 0.1) is 5.92 Å². The number of nitrogens with one attached hydrogen (secondary N) is 1. The summed E-state index contributed by atoms with van der Waals surface area (Å²) in [7, 11) is 1.31. The zero-order valence-electron chi connectivity index (χ0n) is 27.2. The van der Waals surface area contributed by atoms with E-state index in [1.165, 1.54) is 19.1 Å². The summed E-state index contributed by atoms with van der Waals surface area (Å²) in [4.78, 5) is 45.5. The summed E-state index contributed by atoms with van der Waals surface area (Å²) >= 11 is 4.03. The standard InChI is InChI=1S/C11H22NO7P.C11H19NO4S.C3H6O2.C2H6/c1-9(2)10(13)12-5-8-19-20(16-3)18-7-4-6-17-11(14)15;1-11(2,3-5-13)16-6-4-12-9(14)7-8(17)10(12)15;1-3(4)5-2;1-2/h9H,4-8H2,1-3H3,(H,12,13)(H,14,15);8,13,17H,3-7H2,1-2H3;4H,1H2,2H3;1-2H3. The first kappa shape index (κ1) is 46.2. The Morgan fingerprint density at radius 2 is 1.68 bits per heavy atom. The van der Waals surface area contributed by atoms with Gasteiger partial charge in [-0.15, -0.1) is 0 Å². The molecule has 15 nitrogen and oxygen atoms in total. The van der Waals surface area contributed by atoms with Crippen LogP contribution < -0.4 is 5.32 Å². The monoisotopic (exact) mass is 676 g/mol. The minimum atomic E-state index is -1.49. The molecule has 0 aromatic rings. The number of rotatable bonds is 18. The second kappa shape index (κ2) is 28.3. The number of carbonyl (C=O) groups is 4. The van der Waals surface area contributed by atoms with E-state index < -0.39 is 25.6 Å². The fourth-order valence-corrected chi connectivity index (χ4v) is 3.75. The van der Waals surface area contributed by atoms with Crippen LogP contribution in [-0.4, -0.2) is 115 Å². The first-order valence-corrected chi connectivity index (χ1v) is 15.6. The van der Waals surface area contributed by atoms with Gasteiger partial charge >= 0.3 is 14.8 Å². The van der Waals surface area contributed by atoms with Gasteiger partial charge in [0.1, 0.15) is 0 Å². The van der Waals surface area contributed by atoms with Crippen molar-refractivity contribution in [3.8, 4) is 0 Å². The molecule has 0 saturated carbocycles. The molecule has 0 radical (unpaired) electrons. The van der Waals surface area contributed by atoms with Gasteiger partial charge in [-0.25, -0.2) is 4.79 Å². The van der Waals surface area contributed by atoms with E-state index in [0.29, 0.717) is 19.4 Å². The summed E-state index contributed by atoms with van der Waals surface area (Å²) in [6.45, 7) is 15.9. The molecule has 1 saturated heterocycles. The van der Waals surface area contributed by atoms with E-state index in [4.69, 9.17) is 33.6 Å². The van der Waals surface area contributed by atoms with Gasteiger partial charge in [0.05, 0.1) is 50.9 Å². The van der Waals surface area contributed by atoms with Crippen molar-refractivity contribution >= 4 is 45.1 Å². The van der Waals surface area contributed by atoms with E-state index in [9.17, 15) is 19.2 Å². The average molecular weight is 677 g/mol. The summed E-state index contributed by atoms with van der Waals surface area (Å²) in [5.74, 6) is -0.794. The minimum Gasteiger partial charge on any atom is -0.481 e. The van der Waals surface area contributed by atoms with Crippen LogP contribution in [0.25, 0.3) is 0 Å². The zero-order chi connectivity index (χ0) is 34.7. The molecule has 0 aromatic heterocycles. The van der Waals surface area contributed by atoms with E-state index in [1.807, 2.05) is 27.7 Å². The molecule has 0 aromatic carbocycles. The van der Waals surface area contributed by atoms with Crippen LogP contribution in [-0.2, 0) is 42.2 Å². The van der Waals surface area contributed by atoms with Crippen LogP contribution in [0.15, 0.2) is 12.5 Å². The van der Waals surface area contributed by atoms with Gasteiger partial charge in [-0.05, 0) is 26.8 Å². The summed E-state index contributed by atoms with van der Waals surface area (Å²) in [6.07, 6.45) is -0.204. The Balaban J connectivity index is -0.000000635. The van der Waals surface area contributed by atoms with E-state index >= 15 is 0 Å². The molecule has 44 heavy (non-hydrogen) atoms. The molecule has 0 bridgehead atoms. The highest BCUT2D eigenvalue weighted by molar-refractivity contribution is 7.81. The third-order valence-electron chi connectivity index (χ3n) is 4.96. The Bertz CT molecular complexity index is 819. The molecule has 1 fully saturated rings. The molecule has 1 heterocycles. The Labute approximate surface area is 267 Å². The number of carbonyl (C=O) groups excluding carboxylic acids is 3. The van der Waals surface area contributed by atoms with Crippen molar-refractivity contribution in [3.63, 3.8) is 0 Å². The number of methoxy groups -OCH3 is 1. The lowest BCUT2D eigenvalue weighted by Gasteiger charge is -2.25. The van der Waals surface area contributed by atoms with Crippen LogP contribution in [0.1, 0.15) is 60.8 Å². The first-order chi connectivity index (χ1) is 20.6. The van der Waals surface area contributed by atoms with Crippen molar-refractivity contribution in [2.24, 2.45) is 5.92 Å². The van der Waals surface area contributed by atoms with Gasteiger partial charge in [-0.2, -0.15) is 12.6 Å². The van der Waals surface area contributed by atoms with Gasteiger partial charge in [0, 0.05) is 39.0 Å². The number of likely N-dealkylation sites (tertiary alicyclic amines) is 1. The quantitative estimate of drug-likeness (QED) is 0.0352. The zero-order valence-corrected chi connectivity index (χ0v) is 29.0. The highest BCUT2D eigenvalue weighted by atomic mass is 32.1. The second-order valence-corrected chi connectivity index (χ2v) is 11.2. The lowest BCUT2D eigenvalue weighted by molar-refractivity contribution is -0.140. The Morgan fingerprint density at radius 3 is 2.11 bits per heavy atom. The Kier molecular flexibility index (Phi) is 29.7. The summed E-state index contributed by atoms with van der Waals surface area (Å²) in [6, 6.07) is 0. The number of carboxylic acid groups (broad SMARTS) is 1. The van der Waals surface area contributed by atoms with Crippen molar-refractivity contribution in [1.82, 2.24) is 10.2 Å². The number of aliphatic hydroxyl groups is 2. The van der Waals surface area contributed by atoms with Crippen LogP contribution in [0.2, 0.25) is 0 Å². The number of hydrogen-bond donors (Lipinski definition) is 5. The molecule has 260 valence electrons. The maximum Gasteiger partial charge on any atom is 0.505 e. The molecule has 0 spiro atoms. The lowest BCUT2D eigenvalue weighted by Crippen LogP contribution is -2.36. The van der Waals surface area contributed by atoms with E-state index in [-0.39, 0.29) is 75.6 Å². The molecule has 3 amide bonds. The van der Waals surface area contributed by atoms with Gasteiger partial charge in [0.15, 0.2) is 0 Å². The number of thiol groups is 1. The van der Waals surface area contributed by atoms with Crippen molar-refractivity contribution in [2.75, 3.05) is 60.3 Å². The number of ether oxygens (including phenoxy) is 3. The molecule has 2 atom stereocenters. The highest BCUT2D eigenvalue weighted by Gasteiger charge is 2.36. The number of hydrogen-bond acceptors (Lipinski definition) is 13. The lowest BCUT2D eigenvalue weighted by atomic mass is 10.1. The van der Waals surface area contributed by atoms with Gasteiger partial charge in [-0.1, -0.05) is 27.7 Å². The maximum absolute atomic E-state index is 11.5. The molecule has 17 heteroatoms. The Morgan fingerprint density at radius 1 is 1.11 bits per heavy atom. The third-order valence-corrected chi connectivity index (χ3v) is 6.45.